The van der Waals surface area contributed by atoms with Crippen molar-refractivity contribution in [2.24, 2.45) is 0 Å². The molecule has 0 aliphatic rings. The van der Waals surface area contributed by atoms with E-state index in [0.717, 1.165) is 37.2 Å². The van der Waals surface area contributed by atoms with Crippen LogP contribution in [0.2, 0.25) is 0 Å². The molecule has 0 aliphatic heterocycles. The van der Waals surface area contributed by atoms with Gasteiger partial charge in [-0.05, 0) is 97.2 Å². The third-order valence-corrected chi connectivity index (χ3v) is 5.73. The Kier molecular flexibility index (Phi) is 15.3. The van der Waals surface area contributed by atoms with Crippen molar-refractivity contribution >= 4 is 24.3 Å². The SMILES string of the molecule is Cc1cccc(C)c1C(CCCNc1cccc(-n2nnnc2[S-])c1)CCCC(=O)[O-].[K+].[K+]. The van der Waals surface area contributed by atoms with E-state index in [9.17, 15) is 9.90 Å². The van der Waals surface area contributed by atoms with Crippen molar-refractivity contribution in [1.82, 2.24) is 20.2 Å². The van der Waals surface area contributed by atoms with Crippen LogP contribution in [0.3, 0.4) is 0 Å². The van der Waals surface area contributed by atoms with E-state index >= 15 is 0 Å². The van der Waals surface area contributed by atoms with Crippen molar-refractivity contribution in [3.05, 3.63) is 59.2 Å². The molecule has 1 heterocycles. The molecular weight excluding hydrogens is 489 g/mol. The number of aliphatic carboxylic acids is 1. The van der Waals surface area contributed by atoms with Crippen molar-refractivity contribution < 1.29 is 113 Å². The molecule has 2 aromatic carbocycles. The molecular formula is C23H27K2N5O2S. The Morgan fingerprint density at radius 3 is 2.39 bits per heavy atom. The summed E-state index contributed by atoms with van der Waals surface area (Å²) in [7, 11) is 0. The van der Waals surface area contributed by atoms with Crippen LogP contribution < -0.4 is 113 Å². The summed E-state index contributed by atoms with van der Waals surface area (Å²) in [4.78, 5) is 10.9. The van der Waals surface area contributed by atoms with Crippen LogP contribution in [0.1, 0.15) is 54.7 Å². The van der Waals surface area contributed by atoms with E-state index in [1.165, 1.54) is 21.4 Å². The van der Waals surface area contributed by atoms with E-state index in [1.807, 2.05) is 24.3 Å². The van der Waals surface area contributed by atoms with Crippen molar-refractivity contribution in [3.63, 3.8) is 0 Å². The molecule has 33 heavy (non-hydrogen) atoms. The van der Waals surface area contributed by atoms with Crippen LogP contribution in [0.15, 0.2) is 47.6 Å². The summed E-state index contributed by atoms with van der Waals surface area (Å²) in [5.41, 5.74) is 5.67. The number of tetrazole rings is 1. The van der Waals surface area contributed by atoms with E-state index in [-0.39, 0.29) is 109 Å². The van der Waals surface area contributed by atoms with E-state index in [4.69, 9.17) is 12.6 Å². The standard InChI is InChI=1S/C23H29N5O2S.2K/c1-16-7-3-8-17(2)22(16)18(9-4-13-21(29)30)10-6-14-24-19-11-5-12-20(15-19)28-23(31)25-26-27-28;;/h3,5,7-8,11-12,15,18,24H,4,6,9-10,13-14H2,1-2H3,(H,29,30)(H,25,27,31);;/q;2*+1/p-2. The molecule has 0 radical (unpaired) electrons. The summed E-state index contributed by atoms with van der Waals surface area (Å²) in [6.45, 7) is 5.07. The van der Waals surface area contributed by atoms with Gasteiger partial charge >= 0.3 is 103 Å². The average Bonchev–Trinajstić information content (AvgIpc) is 3.16. The number of benzene rings is 2. The van der Waals surface area contributed by atoms with E-state index in [1.54, 1.807) is 0 Å². The molecule has 0 saturated heterocycles. The fourth-order valence-electron chi connectivity index (χ4n) is 4.07. The summed E-state index contributed by atoms with van der Waals surface area (Å²) in [5, 5.41) is 25.9. The third-order valence-electron chi connectivity index (χ3n) is 5.47. The Hall–Kier alpha value is 0.273. The average molecular weight is 516 g/mol. The first-order valence-corrected chi connectivity index (χ1v) is 10.9. The van der Waals surface area contributed by atoms with Crippen LogP contribution in [-0.4, -0.2) is 32.7 Å². The molecule has 1 unspecified atom stereocenters. The Labute approximate surface area is 286 Å². The number of rotatable bonds is 11. The zero-order chi connectivity index (χ0) is 22.2. The van der Waals surface area contributed by atoms with Crippen molar-refractivity contribution in [3.8, 4) is 5.69 Å². The molecule has 10 heteroatoms. The second kappa shape index (κ2) is 16.1. The minimum Gasteiger partial charge on any atom is -0.738 e. The Morgan fingerprint density at radius 1 is 1.09 bits per heavy atom. The van der Waals surface area contributed by atoms with E-state index in [0.29, 0.717) is 17.5 Å². The summed E-state index contributed by atoms with van der Waals surface area (Å²) in [6.07, 6.45) is 3.52. The topological polar surface area (TPSA) is 95.8 Å². The van der Waals surface area contributed by atoms with Gasteiger partial charge in [0.1, 0.15) is 0 Å². The Bertz CT molecular complexity index is 1010. The minimum absolute atomic E-state index is 0. The van der Waals surface area contributed by atoms with Gasteiger partial charge in [-0.3, -0.25) is 0 Å². The number of nitrogens with zero attached hydrogens (tertiary/aromatic N) is 4. The number of carbonyl (C=O) groups excluding carboxylic acids is 1. The molecule has 0 amide bonds. The minimum atomic E-state index is -0.980. The molecule has 0 saturated carbocycles. The maximum absolute atomic E-state index is 10.9. The zero-order valence-electron chi connectivity index (χ0n) is 19.9. The fraction of sp³-hybridized carbons (Fsp3) is 0.391. The molecule has 7 nitrogen and oxygen atoms in total. The first-order chi connectivity index (χ1) is 15.0. The number of carbonyl (C=O) groups is 1. The first-order valence-electron chi connectivity index (χ1n) is 10.5. The zero-order valence-corrected chi connectivity index (χ0v) is 26.9. The van der Waals surface area contributed by atoms with Crippen molar-refractivity contribution in [2.75, 3.05) is 11.9 Å². The fourth-order valence-corrected chi connectivity index (χ4v) is 4.25. The van der Waals surface area contributed by atoms with Crippen molar-refractivity contribution in [1.29, 1.82) is 0 Å². The molecule has 0 fully saturated rings. The van der Waals surface area contributed by atoms with Crippen LogP contribution in [0, 0.1) is 13.8 Å². The normalized spacial score (nSPS) is 11.2. The van der Waals surface area contributed by atoms with Crippen LogP contribution in [0.5, 0.6) is 0 Å². The van der Waals surface area contributed by atoms with Gasteiger partial charge in [0.15, 0.2) is 0 Å². The van der Waals surface area contributed by atoms with Crippen molar-refractivity contribution in [2.45, 2.75) is 57.0 Å². The predicted octanol–water partition coefficient (Wildman–Crippen LogP) is -2.91. The Balaban J connectivity index is 0.00000272. The van der Waals surface area contributed by atoms with E-state index < -0.39 is 5.97 Å². The van der Waals surface area contributed by atoms with Gasteiger partial charge in [-0.25, -0.2) is 4.68 Å². The van der Waals surface area contributed by atoms with Crippen LogP contribution in [-0.2, 0) is 17.4 Å². The quantitative estimate of drug-likeness (QED) is 0.166. The number of aryl methyl sites for hydroxylation is 2. The largest absolute Gasteiger partial charge is 1.00 e. The molecule has 164 valence electrons. The molecule has 0 aliphatic carbocycles. The second-order valence-corrected chi connectivity index (χ2v) is 8.12. The summed E-state index contributed by atoms with van der Waals surface area (Å²) in [6, 6.07) is 14.1. The maximum Gasteiger partial charge on any atom is 1.00 e. The number of hydrogen-bond donors (Lipinski definition) is 1. The number of carboxylic acid groups (broad SMARTS) is 1. The first kappa shape index (κ1) is 31.3. The summed E-state index contributed by atoms with van der Waals surface area (Å²) in [5.74, 6) is -0.649. The molecule has 3 aromatic rings. The number of aromatic nitrogens is 4. The number of carboxylic acids is 1. The summed E-state index contributed by atoms with van der Waals surface area (Å²) < 4.78 is 1.52. The van der Waals surface area contributed by atoms with Gasteiger partial charge in [-0.15, -0.1) is 5.10 Å². The molecule has 3 rings (SSSR count). The number of nitrogens with one attached hydrogen (secondary N) is 1. The van der Waals surface area contributed by atoms with Gasteiger partial charge < -0.3 is 27.8 Å². The monoisotopic (exact) mass is 515 g/mol. The Morgan fingerprint density at radius 2 is 1.76 bits per heavy atom. The smallest absolute Gasteiger partial charge is 0.738 e. The number of anilines is 1. The second-order valence-electron chi connectivity index (χ2n) is 7.76. The van der Waals surface area contributed by atoms with Gasteiger partial charge in [0.05, 0.1) is 5.69 Å². The molecule has 1 atom stereocenters. The van der Waals surface area contributed by atoms with E-state index in [2.05, 4.69) is 52.9 Å². The maximum atomic E-state index is 10.9. The molecule has 0 spiro atoms. The molecule has 1 aromatic heterocycles. The van der Waals surface area contributed by atoms with Gasteiger partial charge in [0, 0.05) is 23.4 Å². The van der Waals surface area contributed by atoms with Crippen LogP contribution in [0.4, 0.5) is 5.69 Å². The molecule has 1 N–H and O–H groups in total. The van der Waals surface area contributed by atoms with Gasteiger partial charge in [0.25, 0.3) is 0 Å². The predicted molar refractivity (Wildman–Crippen MR) is 120 cm³/mol. The third kappa shape index (κ3) is 9.68. The number of hydrogen-bond acceptors (Lipinski definition) is 7. The molecule has 0 bridgehead atoms. The van der Waals surface area contributed by atoms with Gasteiger partial charge in [-0.1, -0.05) is 24.3 Å². The van der Waals surface area contributed by atoms with Gasteiger partial charge in [-0.2, -0.15) is 0 Å². The van der Waals surface area contributed by atoms with Crippen LogP contribution in [0.25, 0.3) is 5.69 Å². The summed E-state index contributed by atoms with van der Waals surface area (Å²) >= 11 is 5.13. The van der Waals surface area contributed by atoms with Crippen LogP contribution >= 0.6 is 0 Å². The van der Waals surface area contributed by atoms with Gasteiger partial charge in [0.2, 0.25) is 0 Å².